The lowest BCUT2D eigenvalue weighted by Crippen LogP contribution is -2.45. The van der Waals surface area contributed by atoms with Gasteiger partial charge < -0.3 is 9.32 Å². The normalized spacial score (nSPS) is 19.6. The van der Waals surface area contributed by atoms with E-state index in [-0.39, 0.29) is 11.9 Å². The van der Waals surface area contributed by atoms with E-state index < -0.39 is 5.76 Å². The highest BCUT2D eigenvalue weighted by molar-refractivity contribution is 6.31. The fourth-order valence-electron chi connectivity index (χ4n) is 4.55. The highest BCUT2D eigenvalue weighted by Gasteiger charge is 2.29. The molecule has 5 rings (SSSR count). The number of oxazole rings is 1. The average molecular weight is 412 g/mol. The van der Waals surface area contributed by atoms with E-state index in [1.54, 1.807) is 22.8 Å². The van der Waals surface area contributed by atoms with Crippen LogP contribution in [0.1, 0.15) is 30.0 Å². The fourth-order valence-corrected chi connectivity index (χ4v) is 4.72. The summed E-state index contributed by atoms with van der Waals surface area (Å²) in [4.78, 5) is 29.5. The number of amides is 1. The maximum atomic E-state index is 13.0. The minimum atomic E-state index is -0.392. The summed E-state index contributed by atoms with van der Waals surface area (Å²) in [6.45, 7) is 3.25. The average Bonchev–Trinajstić information content (AvgIpc) is 3.27. The van der Waals surface area contributed by atoms with Gasteiger partial charge in [-0.25, -0.2) is 4.79 Å². The molecule has 0 aliphatic carbocycles. The van der Waals surface area contributed by atoms with Crippen molar-refractivity contribution in [2.24, 2.45) is 0 Å². The lowest BCUT2D eigenvalue weighted by molar-refractivity contribution is -0.134. The van der Waals surface area contributed by atoms with E-state index in [0.29, 0.717) is 29.2 Å². The first kappa shape index (κ1) is 18.5. The largest absolute Gasteiger partial charge is 0.420 e. The molecule has 2 aromatic carbocycles. The first-order chi connectivity index (χ1) is 14.1. The predicted molar refractivity (Wildman–Crippen MR) is 111 cm³/mol. The molecule has 150 valence electrons. The molecule has 1 unspecified atom stereocenters. The Hall–Kier alpha value is -2.57. The maximum Gasteiger partial charge on any atom is 0.420 e. The molecule has 6 nitrogen and oxygen atoms in total. The van der Waals surface area contributed by atoms with Gasteiger partial charge in [0, 0.05) is 31.2 Å². The molecule has 29 heavy (non-hydrogen) atoms. The number of carbonyl (C=O) groups excluding carboxylic acids is 1. The van der Waals surface area contributed by atoms with Crippen LogP contribution in [0.3, 0.4) is 0 Å². The second-order valence-electron chi connectivity index (χ2n) is 7.90. The molecule has 0 bridgehead atoms. The van der Waals surface area contributed by atoms with Crippen molar-refractivity contribution in [2.45, 2.75) is 32.0 Å². The van der Waals surface area contributed by atoms with Crippen molar-refractivity contribution in [3.05, 3.63) is 69.2 Å². The van der Waals surface area contributed by atoms with Crippen molar-refractivity contribution in [1.82, 2.24) is 14.4 Å². The molecule has 0 radical (unpaired) electrons. The van der Waals surface area contributed by atoms with E-state index in [1.807, 2.05) is 17.0 Å². The van der Waals surface area contributed by atoms with Gasteiger partial charge in [-0.05, 0) is 42.2 Å². The van der Waals surface area contributed by atoms with Gasteiger partial charge >= 0.3 is 5.76 Å². The number of nitrogens with zero attached hydrogens (tertiary/aromatic N) is 3. The van der Waals surface area contributed by atoms with E-state index in [9.17, 15) is 9.59 Å². The van der Waals surface area contributed by atoms with Crippen molar-refractivity contribution < 1.29 is 9.21 Å². The maximum absolute atomic E-state index is 13.0. The van der Waals surface area contributed by atoms with Crippen LogP contribution in [0.2, 0.25) is 5.02 Å². The molecule has 0 N–H and O–H groups in total. The summed E-state index contributed by atoms with van der Waals surface area (Å²) in [5.74, 6) is -0.280. The van der Waals surface area contributed by atoms with Crippen LogP contribution in [-0.2, 0) is 17.9 Å². The minimum Gasteiger partial charge on any atom is -0.408 e. The molecule has 1 aromatic heterocycles. The molecule has 2 aliphatic heterocycles. The van der Waals surface area contributed by atoms with E-state index in [2.05, 4.69) is 17.0 Å². The molecular formula is C22H22ClN3O3. The van der Waals surface area contributed by atoms with Gasteiger partial charge in [-0.15, -0.1) is 0 Å². The number of carbonyl (C=O) groups is 1. The van der Waals surface area contributed by atoms with Crippen molar-refractivity contribution in [1.29, 1.82) is 0 Å². The number of aromatic nitrogens is 1. The van der Waals surface area contributed by atoms with Crippen molar-refractivity contribution in [2.75, 3.05) is 19.6 Å². The number of hydrogen-bond donors (Lipinski definition) is 0. The molecule has 7 heteroatoms. The number of hydrogen-bond acceptors (Lipinski definition) is 4. The molecule has 3 heterocycles. The number of piperidine rings is 1. The highest BCUT2D eigenvalue weighted by atomic mass is 35.5. The number of rotatable bonds is 3. The predicted octanol–water partition coefficient (Wildman–Crippen LogP) is 3.43. The highest BCUT2D eigenvalue weighted by Crippen LogP contribution is 2.27. The van der Waals surface area contributed by atoms with E-state index in [1.165, 1.54) is 11.1 Å². The van der Waals surface area contributed by atoms with Gasteiger partial charge in [-0.2, -0.15) is 0 Å². The quantitative estimate of drug-likeness (QED) is 0.662. The standard InChI is InChI=1S/C22H22ClN3O3/c23-17-7-8-20-19(10-17)26(22(28)29-20)18-6-3-9-25(13-18)21(27)14-24-11-15-4-1-2-5-16(15)12-24/h1-2,4-5,7-8,10,18H,3,6,9,11-14H2. The summed E-state index contributed by atoms with van der Waals surface area (Å²) in [6, 6.07) is 13.4. The summed E-state index contributed by atoms with van der Waals surface area (Å²) in [6.07, 6.45) is 1.69. The summed E-state index contributed by atoms with van der Waals surface area (Å²) in [5, 5.41) is 0.560. The summed E-state index contributed by atoms with van der Waals surface area (Å²) in [7, 11) is 0. The Morgan fingerprint density at radius 1 is 1.14 bits per heavy atom. The van der Waals surface area contributed by atoms with Crippen LogP contribution in [0.15, 0.2) is 51.7 Å². The number of halogens is 1. The smallest absolute Gasteiger partial charge is 0.408 e. The molecule has 0 saturated carbocycles. The Morgan fingerprint density at radius 2 is 1.90 bits per heavy atom. The van der Waals surface area contributed by atoms with Crippen LogP contribution in [0.5, 0.6) is 0 Å². The second kappa shape index (κ2) is 7.35. The molecule has 1 amide bonds. The van der Waals surface area contributed by atoms with E-state index in [4.69, 9.17) is 16.0 Å². The van der Waals surface area contributed by atoms with Gasteiger partial charge in [0.05, 0.1) is 18.1 Å². The Morgan fingerprint density at radius 3 is 2.66 bits per heavy atom. The van der Waals surface area contributed by atoms with Crippen LogP contribution >= 0.6 is 11.6 Å². The van der Waals surface area contributed by atoms with E-state index in [0.717, 1.165) is 32.5 Å². The summed E-state index contributed by atoms with van der Waals surface area (Å²) in [5.41, 5.74) is 3.81. The van der Waals surface area contributed by atoms with Gasteiger partial charge in [-0.1, -0.05) is 35.9 Å². The van der Waals surface area contributed by atoms with Crippen molar-refractivity contribution in [3.63, 3.8) is 0 Å². The Balaban J connectivity index is 1.31. The third-order valence-corrected chi connectivity index (χ3v) is 6.19. The van der Waals surface area contributed by atoms with Crippen LogP contribution in [0.25, 0.3) is 11.1 Å². The molecule has 3 aromatic rings. The third kappa shape index (κ3) is 3.47. The van der Waals surface area contributed by atoms with Crippen LogP contribution < -0.4 is 5.76 Å². The molecule has 1 saturated heterocycles. The van der Waals surface area contributed by atoms with Crippen LogP contribution in [-0.4, -0.2) is 39.9 Å². The summed E-state index contributed by atoms with van der Waals surface area (Å²) < 4.78 is 7.04. The van der Waals surface area contributed by atoms with Crippen LogP contribution in [0.4, 0.5) is 0 Å². The molecule has 1 fully saturated rings. The van der Waals surface area contributed by atoms with Gasteiger partial charge in [0.2, 0.25) is 5.91 Å². The Bertz CT molecular complexity index is 1110. The third-order valence-electron chi connectivity index (χ3n) is 5.95. The topological polar surface area (TPSA) is 58.7 Å². The fraction of sp³-hybridized carbons (Fsp3) is 0.364. The SMILES string of the molecule is O=C(CN1Cc2ccccc2C1)N1CCCC(n2c(=O)oc3ccc(Cl)cc32)C1. The zero-order valence-electron chi connectivity index (χ0n) is 16.0. The van der Waals surface area contributed by atoms with Gasteiger partial charge in [0.15, 0.2) is 5.58 Å². The van der Waals surface area contributed by atoms with Gasteiger partial charge in [-0.3, -0.25) is 14.3 Å². The number of fused-ring (bicyclic) bond motifs is 2. The van der Waals surface area contributed by atoms with Gasteiger partial charge in [0.25, 0.3) is 0 Å². The summed E-state index contributed by atoms with van der Waals surface area (Å²) >= 11 is 6.12. The number of benzene rings is 2. The number of likely N-dealkylation sites (tertiary alicyclic amines) is 1. The zero-order valence-corrected chi connectivity index (χ0v) is 16.8. The van der Waals surface area contributed by atoms with Crippen molar-refractivity contribution in [3.8, 4) is 0 Å². The monoisotopic (exact) mass is 411 g/mol. The Kier molecular flexibility index (Phi) is 4.68. The lowest BCUT2D eigenvalue weighted by Gasteiger charge is -2.34. The zero-order chi connectivity index (χ0) is 20.0. The molecule has 2 aliphatic rings. The first-order valence-electron chi connectivity index (χ1n) is 9.96. The molecular weight excluding hydrogens is 390 g/mol. The first-order valence-corrected chi connectivity index (χ1v) is 10.3. The Labute approximate surface area is 173 Å². The minimum absolute atomic E-state index is 0.101. The van der Waals surface area contributed by atoms with E-state index >= 15 is 0 Å². The molecule has 1 atom stereocenters. The molecule has 0 spiro atoms. The van der Waals surface area contributed by atoms with Crippen LogP contribution in [0, 0.1) is 0 Å². The lowest BCUT2D eigenvalue weighted by atomic mass is 10.0. The second-order valence-corrected chi connectivity index (χ2v) is 8.34. The van der Waals surface area contributed by atoms with Gasteiger partial charge in [0.1, 0.15) is 0 Å². The van der Waals surface area contributed by atoms with Crippen molar-refractivity contribution >= 4 is 28.6 Å².